The highest BCUT2D eigenvalue weighted by atomic mass is 16.7. The van der Waals surface area contributed by atoms with Crippen molar-refractivity contribution in [2.75, 3.05) is 33.5 Å². The van der Waals surface area contributed by atoms with Crippen LogP contribution in [0, 0.1) is 0 Å². The van der Waals surface area contributed by atoms with Gasteiger partial charge in [-0.25, -0.2) is 4.79 Å². The molecule has 0 saturated carbocycles. The molecule has 194 valence electrons. The Balaban J connectivity index is 2.24. The van der Waals surface area contributed by atoms with Gasteiger partial charge in [0.05, 0.1) is 43.9 Å². The smallest absolute Gasteiger partial charge is 0.328 e. The number of allylic oxidation sites excluding steroid dienone is 1. The van der Waals surface area contributed by atoms with Gasteiger partial charge in [0, 0.05) is 12.8 Å². The number of carboxylic acid groups (broad SMARTS) is 1. The van der Waals surface area contributed by atoms with E-state index in [4.69, 9.17) is 14.2 Å². The van der Waals surface area contributed by atoms with Gasteiger partial charge < -0.3 is 60.4 Å². The fourth-order valence-corrected chi connectivity index (χ4v) is 3.59. The molecule has 7 atom stereocenters. The first-order valence-corrected chi connectivity index (χ1v) is 10.2. The van der Waals surface area contributed by atoms with Crippen LogP contribution < -0.4 is 5.32 Å². The van der Waals surface area contributed by atoms with Crippen molar-refractivity contribution in [1.29, 1.82) is 0 Å². The number of carboxylic acids is 1. The summed E-state index contributed by atoms with van der Waals surface area (Å²) in [7, 11) is 1.23. The van der Waals surface area contributed by atoms with Gasteiger partial charge >= 0.3 is 11.9 Å². The fraction of sp³-hybridized carbons (Fsp3) is 0.737. The minimum atomic E-state index is -1.80. The Morgan fingerprint density at radius 2 is 1.88 bits per heavy atom. The lowest BCUT2D eigenvalue weighted by Gasteiger charge is -2.39. The number of aliphatic hydroxyl groups is 7. The van der Waals surface area contributed by atoms with Crippen molar-refractivity contribution in [3.63, 3.8) is 0 Å². The van der Waals surface area contributed by atoms with Crippen LogP contribution >= 0.6 is 0 Å². The van der Waals surface area contributed by atoms with Crippen LogP contribution in [0.15, 0.2) is 16.4 Å². The molecule has 0 radical (unpaired) electrons. The third kappa shape index (κ3) is 6.39. The fourth-order valence-electron chi connectivity index (χ4n) is 3.59. The number of methoxy groups -OCH3 is 1. The second-order valence-electron chi connectivity index (χ2n) is 7.91. The lowest BCUT2D eigenvalue weighted by molar-refractivity contribution is -0.289. The number of esters is 1. The van der Waals surface area contributed by atoms with Crippen molar-refractivity contribution in [2.45, 2.75) is 55.2 Å². The van der Waals surface area contributed by atoms with Crippen LogP contribution in [-0.2, 0) is 23.8 Å². The molecule has 0 aromatic heterocycles. The monoisotopic (exact) mass is 494 g/mol. The number of nitrogens with one attached hydrogen (secondary N) is 1. The molecule has 1 aliphatic carbocycles. The summed E-state index contributed by atoms with van der Waals surface area (Å²) in [5, 5.41) is 79.9. The third-order valence-corrected chi connectivity index (χ3v) is 5.37. The topological polar surface area (TPSA) is 248 Å². The molecule has 1 aliphatic heterocycles. The first-order chi connectivity index (χ1) is 16.0. The number of ether oxygens (including phenoxy) is 3. The molecule has 15 heteroatoms. The minimum Gasteiger partial charge on any atom is -0.493 e. The second kappa shape index (κ2) is 11.9. The van der Waals surface area contributed by atoms with Crippen molar-refractivity contribution < 1.29 is 64.7 Å². The minimum absolute atomic E-state index is 0.0153. The van der Waals surface area contributed by atoms with E-state index in [-0.39, 0.29) is 30.0 Å². The molecule has 0 spiro atoms. The van der Waals surface area contributed by atoms with Crippen molar-refractivity contribution in [3.8, 4) is 0 Å². The zero-order valence-corrected chi connectivity index (χ0v) is 18.3. The summed E-state index contributed by atoms with van der Waals surface area (Å²) in [6.45, 7) is -2.96. The Kier molecular flexibility index (Phi) is 9.72. The number of carbonyl (C=O) groups is 2. The van der Waals surface area contributed by atoms with Crippen LogP contribution in [0.2, 0.25) is 0 Å². The van der Waals surface area contributed by atoms with Crippen molar-refractivity contribution in [1.82, 2.24) is 5.32 Å². The number of aliphatic hydroxyl groups excluding tert-OH is 6. The number of nitrogens with zero attached hydrogens (tertiary/aromatic N) is 1. The van der Waals surface area contributed by atoms with Crippen molar-refractivity contribution >= 4 is 17.7 Å². The van der Waals surface area contributed by atoms with Crippen LogP contribution in [0.5, 0.6) is 0 Å². The number of aliphatic imine (C=N–C) groups is 1. The molecule has 9 N–H and O–H groups in total. The maximum absolute atomic E-state index is 12.4. The van der Waals surface area contributed by atoms with Crippen LogP contribution in [0.4, 0.5) is 0 Å². The van der Waals surface area contributed by atoms with E-state index in [1.165, 1.54) is 7.11 Å². The first kappa shape index (κ1) is 27.9. The molecule has 1 saturated heterocycles. The first-order valence-electron chi connectivity index (χ1n) is 10.2. The highest BCUT2D eigenvalue weighted by Gasteiger charge is 2.46. The van der Waals surface area contributed by atoms with E-state index in [1.54, 1.807) is 0 Å². The molecular weight excluding hydrogens is 464 g/mol. The summed E-state index contributed by atoms with van der Waals surface area (Å²) in [6, 6.07) is -1.45. The molecule has 0 bridgehead atoms. The molecule has 1 heterocycles. The van der Waals surface area contributed by atoms with Crippen LogP contribution in [0.25, 0.3) is 0 Å². The highest BCUT2D eigenvalue weighted by molar-refractivity contribution is 6.01. The van der Waals surface area contributed by atoms with Gasteiger partial charge in [0.1, 0.15) is 30.9 Å². The van der Waals surface area contributed by atoms with E-state index >= 15 is 0 Å². The van der Waals surface area contributed by atoms with E-state index in [0.717, 1.165) is 0 Å². The lowest BCUT2D eigenvalue weighted by atomic mass is 9.85. The maximum atomic E-state index is 12.4. The predicted molar refractivity (Wildman–Crippen MR) is 109 cm³/mol. The quantitative estimate of drug-likeness (QED) is 0.129. The number of hydrogen-bond donors (Lipinski definition) is 9. The molecule has 0 amide bonds. The zero-order valence-electron chi connectivity index (χ0n) is 18.3. The van der Waals surface area contributed by atoms with Gasteiger partial charge in [0.25, 0.3) is 0 Å². The molecule has 0 aromatic carbocycles. The molecule has 2 rings (SSSR count). The third-order valence-electron chi connectivity index (χ3n) is 5.37. The standard InChI is InChI=1S/C19H30N2O13/c1-32-15-8(2-19(31,7-24)3-9(15)21-10(5-22)17(28)29)20-4-12(25)34-16-11(6-23)33-18(30)14(27)13(16)26/h10-11,13-14,16,18,21-24,26-27,30-31H,2-7H2,1H3,(H,28,29). The summed E-state index contributed by atoms with van der Waals surface area (Å²) in [5.41, 5.74) is -1.78. The van der Waals surface area contributed by atoms with Gasteiger partial charge in [0.15, 0.2) is 18.2 Å². The highest BCUT2D eigenvalue weighted by Crippen LogP contribution is 2.31. The van der Waals surface area contributed by atoms with Crippen LogP contribution in [0.1, 0.15) is 12.8 Å². The normalized spacial score (nSPS) is 34.0. The van der Waals surface area contributed by atoms with Crippen molar-refractivity contribution in [3.05, 3.63) is 11.5 Å². The average molecular weight is 494 g/mol. The molecule has 15 nitrogen and oxygen atoms in total. The Bertz CT molecular complexity index is 801. The number of rotatable bonds is 10. The van der Waals surface area contributed by atoms with E-state index in [9.17, 15) is 50.4 Å². The second-order valence-corrected chi connectivity index (χ2v) is 7.91. The summed E-state index contributed by atoms with van der Waals surface area (Å²) in [5.74, 6) is -2.44. The van der Waals surface area contributed by atoms with Crippen LogP contribution in [-0.4, -0.2) is 134 Å². The van der Waals surface area contributed by atoms with E-state index in [2.05, 4.69) is 10.3 Å². The Labute approximate surface area is 193 Å². The molecular formula is C19H30N2O13. The molecule has 34 heavy (non-hydrogen) atoms. The molecule has 1 fully saturated rings. The average Bonchev–Trinajstić information content (AvgIpc) is 2.80. The summed E-state index contributed by atoms with van der Waals surface area (Å²) in [6.07, 6.45) is -8.73. The number of hydrogen-bond acceptors (Lipinski definition) is 14. The Morgan fingerprint density at radius 1 is 1.21 bits per heavy atom. The van der Waals surface area contributed by atoms with Gasteiger partial charge in [-0.05, 0) is 0 Å². The lowest BCUT2D eigenvalue weighted by Crippen LogP contribution is -2.59. The van der Waals surface area contributed by atoms with Gasteiger partial charge in [-0.3, -0.25) is 9.79 Å². The summed E-state index contributed by atoms with van der Waals surface area (Å²) in [4.78, 5) is 27.6. The van der Waals surface area contributed by atoms with E-state index in [0.29, 0.717) is 0 Å². The van der Waals surface area contributed by atoms with Crippen molar-refractivity contribution in [2.24, 2.45) is 4.99 Å². The van der Waals surface area contributed by atoms with E-state index < -0.39 is 80.7 Å². The van der Waals surface area contributed by atoms with Crippen LogP contribution in [0.3, 0.4) is 0 Å². The summed E-state index contributed by atoms with van der Waals surface area (Å²) < 4.78 is 15.2. The molecule has 0 aromatic rings. The van der Waals surface area contributed by atoms with Gasteiger partial charge in [-0.1, -0.05) is 0 Å². The Morgan fingerprint density at radius 3 is 2.41 bits per heavy atom. The number of carbonyl (C=O) groups excluding carboxylic acids is 1. The molecule has 7 unspecified atom stereocenters. The zero-order chi connectivity index (χ0) is 25.6. The molecule has 2 aliphatic rings. The maximum Gasteiger partial charge on any atom is 0.328 e. The summed E-state index contributed by atoms with van der Waals surface area (Å²) >= 11 is 0. The number of aliphatic carboxylic acids is 1. The van der Waals surface area contributed by atoms with Gasteiger partial charge in [-0.15, -0.1) is 0 Å². The van der Waals surface area contributed by atoms with E-state index in [1.807, 2.05) is 0 Å². The predicted octanol–water partition coefficient (Wildman–Crippen LogP) is -4.82. The van der Waals surface area contributed by atoms with Gasteiger partial charge in [-0.2, -0.15) is 0 Å². The van der Waals surface area contributed by atoms with Gasteiger partial charge in [0.2, 0.25) is 0 Å². The largest absolute Gasteiger partial charge is 0.493 e. The SMILES string of the molecule is COC1=C(NC(CO)C(=O)O)CC(O)(CO)CC1=NCC(=O)OC1C(CO)OC(O)C(O)C1O. The Hall–Kier alpha value is -2.37.